The van der Waals surface area contributed by atoms with Crippen LogP contribution in [-0.4, -0.2) is 21.6 Å². The number of hydrogen-bond donors (Lipinski definition) is 2. The van der Waals surface area contributed by atoms with Gasteiger partial charge >= 0.3 is 5.76 Å². The predicted octanol–water partition coefficient (Wildman–Crippen LogP) is 1.38. The minimum Gasteiger partial charge on any atom is -0.388 e. The first kappa shape index (κ1) is 17.1. The van der Waals surface area contributed by atoms with Crippen LogP contribution in [0.3, 0.4) is 0 Å². The van der Waals surface area contributed by atoms with Crippen molar-refractivity contribution in [3.8, 4) is 11.5 Å². The largest absolute Gasteiger partial charge is 0.437 e. The Bertz CT molecular complexity index is 1010. The maximum absolute atomic E-state index is 12.9. The van der Waals surface area contributed by atoms with E-state index in [1.54, 1.807) is 0 Å². The number of aromatic nitrogens is 2. The first-order chi connectivity index (χ1) is 12.4. The van der Waals surface area contributed by atoms with Crippen molar-refractivity contribution in [3.63, 3.8) is 0 Å². The molecule has 0 bridgehead atoms. The van der Waals surface area contributed by atoms with Crippen LogP contribution in [0.15, 0.2) is 57.7 Å². The smallest absolute Gasteiger partial charge is 0.388 e. The van der Waals surface area contributed by atoms with Crippen LogP contribution in [0.4, 0.5) is 10.1 Å². The van der Waals surface area contributed by atoms with Gasteiger partial charge in [-0.25, -0.2) is 9.18 Å². The summed E-state index contributed by atoms with van der Waals surface area (Å²) in [7, 11) is 0. The fraction of sp³-hybridized carbons (Fsp3) is 0.0588. The van der Waals surface area contributed by atoms with Gasteiger partial charge in [-0.2, -0.15) is 4.68 Å². The number of carbonyl (C=O) groups is 2. The highest BCUT2D eigenvalue weighted by Crippen LogP contribution is 2.15. The third kappa shape index (κ3) is 3.83. The van der Waals surface area contributed by atoms with Crippen LogP contribution in [-0.2, 0) is 11.3 Å². The second kappa shape index (κ2) is 7.01. The molecular formula is C17H13FN4O4. The van der Waals surface area contributed by atoms with Gasteiger partial charge in [0.25, 0.3) is 0 Å². The molecule has 9 heteroatoms. The number of carbonyl (C=O) groups excluding carboxylic acids is 2. The van der Waals surface area contributed by atoms with Crippen molar-refractivity contribution in [1.82, 2.24) is 9.78 Å². The Kier molecular flexibility index (Phi) is 4.61. The first-order valence-electron chi connectivity index (χ1n) is 7.46. The van der Waals surface area contributed by atoms with E-state index in [0.29, 0.717) is 16.8 Å². The summed E-state index contributed by atoms with van der Waals surface area (Å²) in [5.74, 6) is -2.36. The standard InChI is InChI=1S/C17H13FN4O4/c18-12-5-1-11(2-6-12)16-21-22(17(25)26-16)9-14(23)20-13-7-3-10(4-8-13)15(19)24/h1-8H,9H2,(H2,19,24)(H,20,23). The van der Waals surface area contributed by atoms with Crippen molar-refractivity contribution in [2.24, 2.45) is 5.73 Å². The zero-order valence-corrected chi connectivity index (χ0v) is 13.3. The molecule has 1 aromatic heterocycles. The van der Waals surface area contributed by atoms with E-state index in [-0.39, 0.29) is 12.4 Å². The maximum atomic E-state index is 12.9. The lowest BCUT2D eigenvalue weighted by Gasteiger charge is -2.05. The summed E-state index contributed by atoms with van der Waals surface area (Å²) in [6, 6.07) is 11.2. The van der Waals surface area contributed by atoms with Gasteiger partial charge in [0.1, 0.15) is 12.4 Å². The minimum atomic E-state index is -0.816. The van der Waals surface area contributed by atoms with Gasteiger partial charge in [-0.3, -0.25) is 9.59 Å². The van der Waals surface area contributed by atoms with E-state index < -0.39 is 23.4 Å². The molecule has 3 N–H and O–H groups in total. The highest BCUT2D eigenvalue weighted by molar-refractivity contribution is 5.94. The van der Waals surface area contributed by atoms with E-state index in [1.807, 2.05) is 0 Å². The van der Waals surface area contributed by atoms with Gasteiger partial charge in [-0.1, -0.05) is 0 Å². The maximum Gasteiger partial charge on any atom is 0.437 e. The van der Waals surface area contributed by atoms with E-state index in [9.17, 15) is 18.8 Å². The lowest BCUT2D eigenvalue weighted by Crippen LogP contribution is -2.25. The van der Waals surface area contributed by atoms with Gasteiger partial charge in [0.05, 0.1) is 0 Å². The van der Waals surface area contributed by atoms with Crippen LogP contribution >= 0.6 is 0 Å². The summed E-state index contributed by atoms with van der Waals surface area (Å²) in [4.78, 5) is 34.9. The van der Waals surface area contributed by atoms with E-state index in [0.717, 1.165) is 4.68 Å². The average molecular weight is 356 g/mol. The monoisotopic (exact) mass is 356 g/mol. The van der Waals surface area contributed by atoms with Crippen LogP contribution in [0, 0.1) is 5.82 Å². The molecule has 0 radical (unpaired) electrons. The first-order valence-corrected chi connectivity index (χ1v) is 7.46. The molecule has 2 amide bonds. The van der Waals surface area contributed by atoms with Crippen LogP contribution in [0.25, 0.3) is 11.5 Å². The zero-order valence-electron chi connectivity index (χ0n) is 13.3. The quantitative estimate of drug-likeness (QED) is 0.715. The van der Waals surface area contributed by atoms with Crippen molar-refractivity contribution in [1.29, 1.82) is 0 Å². The Balaban J connectivity index is 1.70. The number of amides is 2. The Morgan fingerprint density at radius 1 is 1.12 bits per heavy atom. The zero-order chi connectivity index (χ0) is 18.7. The van der Waals surface area contributed by atoms with Gasteiger partial charge in [-0.15, -0.1) is 5.10 Å². The molecule has 132 valence electrons. The molecule has 26 heavy (non-hydrogen) atoms. The molecule has 2 aromatic carbocycles. The van der Waals surface area contributed by atoms with Gasteiger partial charge in [0.2, 0.25) is 17.7 Å². The number of benzene rings is 2. The third-order valence-electron chi connectivity index (χ3n) is 3.44. The number of anilines is 1. The molecule has 0 aliphatic carbocycles. The van der Waals surface area contributed by atoms with E-state index >= 15 is 0 Å². The average Bonchev–Trinajstić information content (AvgIpc) is 2.96. The molecule has 3 rings (SSSR count). The van der Waals surface area contributed by atoms with Gasteiger partial charge in [0, 0.05) is 16.8 Å². The van der Waals surface area contributed by atoms with Crippen LogP contribution < -0.4 is 16.8 Å². The molecule has 3 aromatic rings. The Morgan fingerprint density at radius 3 is 2.38 bits per heavy atom. The fourth-order valence-electron chi connectivity index (χ4n) is 2.17. The molecule has 0 fully saturated rings. The predicted molar refractivity (Wildman–Crippen MR) is 89.7 cm³/mol. The summed E-state index contributed by atoms with van der Waals surface area (Å²) >= 11 is 0. The second-order valence-corrected chi connectivity index (χ2v) is 5.33. The van der Waals surface area contributed by atoms with Crippen LogP contribution in [0.1, 0.15) is 10.4 Å². The topological polar surface area (TPSA) is 120 Å². The Morgan fingerprint density at radius 2 is 1.77 bits per heavy atom. The summed E-state index contributed by atoms with van der Waals surface area (Å²) < 4.78 is 18.8. The summed E-state index contributed by atoms with van der Waals surface area (Å²) in [5, 5.41) is 6.48. The van der Waals surface area contributed by atoms with Crippen molar-refractivity contribution in [2.45, 2.75) is 6.54 Å². The van der Waals surface area contributed by atoms with Gasteiger partial charge in [-0.05, 0) is 48.5 Å². The summed E-state index contributed by atoms with van der Waals surface area (Å²) in [6.07, 6.45) is 0. The summed E-state index contributed by atoms with van der Waals surface area (Å²) in [5.41, 5.74) is 6.28. The molecule has 0 aliphatic heterocycles. The highest BCUT2D eigenvalue weighted by Gasteiger charge is 2.13. The van der Waals surface area contributed by atoms with E-state index in [1.165, 1.54) is 48.5 Å². The number of nitrogens with one attached hydrogen (secondary N) is 1. The molecule has 0 saturated heterocycles. The molecule has 0 atom stereocenters. The SMILES string of the molecule is NC(=O)c1ccc(NC(=O)Cn2nc(-c3ccc(F)cc3)oc2=O)cc1. The highest BCUT2D eigenvalue weighted by atomic mass is 19.1. The summed E-state index contributed by atoms with van der Waals surface area (Å²) in [6.45, 7) is -0.374. The van der Waals surface area contributed by atoms with Crippen molar-refractivity contribution in [2.75, 3.05) is 5.32 Å². The number of nitrogens with two attached hydrogens (primary N) is 1. The Hall–Kier alpha value is -3.75. The molecule has 8 nitrogen and oxygen atoms in total. The normalized spacial score (nSPS) is 10.5. The van der Waals surface area contributed by atoms with Crippen molar-refractivity contribution >= 4 is 17.5 Å². The van der Waals surface area contributed by atoms with Crippen molar-refractivity contribution in [3.05, 3.63) is 70.5 Å². The molecule has 0 aliphatic rings. The van der Waals surface area contributed by atoms with Crippen LogP contribution in [0.2, 0.25) is 0 Å². The number of nitrogens with zero attached hydrogens (tertiary/aromatic N) is 2. The van der Waals surface area contributed by atoms with Crippen LogP contribution in [0.5, 0.6) is 0 Å². The van der Waals surface area contributed by atoms with Gasteiger partial charge in [0.15, 0.2) is 0 Å². The molecule has 0 spiro atoms. The molecular weight excluding hydrogens is 343 g/mol. The molecule has 1 heterocycles. The lowest BCUT2D eigenvalue weighted by atomic mass is 10.2. The fourth-order valence-corrected chi connectivity index (χ4v) is 2.17. The van der Waals surface area contributed by atoms with E-state index in [4.69, 9.17) is 10.2 Å². The molecule has 0 unspecified atom stereocenters. The minimum absolute atomic E-state index is 0.0198. The lowest BCUT2D eigenvalue weighted by molar-refractivity contribution is -0.117. The van der Waals surface area contributed by atoms with Gasteiger partial charge < -0.3 is 15.5 Å². The number of rotatable bonds is 5. The number of hydrogen-bond acceptors (Lipinski definition) is 5. The van der Waals surface area contributed by atoms with Crippen molar-refractivity contribution < 1.29 is 18.4 Å². The molecule has 0 saturated carbocycles. The Labute approximate surface area is 146 Å². The number of halogens is 1. The third-order valence-corrected chi connectivity index (χ3v) is 3.44. The van der Waals surface area contributed by atoms with E-state index in [2.05, 4.69) is 10.4 Å². The number of primary amides is 1. The second-order valence-electron chi connectivity index (χ2n) is 5.33.